The standard InChI is InChI=1S/C16H17N5/c1-3-7-13(8-4-1)11-15(14-9-5-2-6-10-14)17-12-16-18-20-21-19-16/h1-10,15,17H,11-12H2,(H,18,19,20,21). The van der Waals surface area contributed by atoms with Gasteiger partial charge in [0.05, 0.1) is 6.54 Å². The van der Waals surface area contributed by atoms with Crippen LogP contribution in [0.3, 0.4) is 0 Å². The van der Waals surface area contributed by atoms with E-state index in [9.17, 15) is 0 Å². The molecule has 106 valence electrons. The lowest BCUT2D eigenvalue weighted by atomic mass is 9.99. The van der Waals surface area contributed by atoms with Gasteiger partial charge in [-0.25, -0.2) is 0 Å². The molecule has 0 saturated carbocycles. The fraction of sp³-hybridized carbons (Fsp3) is 0.188. The first-order valence-electron chi connectivity index (χ1n) is 6.96. The molecule has 5 heteroatoms. The van der Waals surface area contributed by atoms with Gasteiger partial charge in [0.25, 0.3) is 0 Å². The van der Waals surface area contributed by atoms with E-state index in [2.05, 4.69) is 74.5 Å². The predicted molar refractivity (Wildman–Crippen MR) is 80.3 cm³/mol. The highest BCUT2D eigenvalue weighted by molar-refractivity contribution is 5.23. The summed E-state index contributed by atoms with van der Waals surface area (Å²) in [6, 6.07) is 21.1. The van der Waals surface area contributed by atoms with E-state index in [1.165, 1.54) is 11.1 Å². The van der Waals surface area contributed by atoms with Crippen molar-refractivity contribution in [3.8, 4) is 0 Å². The number of H-pyrrole nitrogens is 1. The molecule has 0 aliphatic carbocycles. The summed E-state index contributed by atoms with van der Waals surface area (Å²) in [4.78, 5) is 0. The lowest BCUT2D eigenvalue weighted by Gasteiger charge is -2.18. The summed E-state index contributed by atoms with van der Waals surface area (Å²) >= 11 is 0. The molecule has 0 aliphatic rings. The van der Waals surface area contributed by atoms with Crippen LogP contribution in [0.2, 0.25) is 0 Å². The van der Waals surface area contributed by atoms with Crippen molar-refractivity contribution in [1.82, 2.24) is 25.9 Å². The summed E-state index contributed by atoms with van der Waals surface area (Å²) in [5.41, 5.74) is 2.55. The van der Waals surface area contributed by atoms with Crippen LogP contribution >= 0.6 is 0 Å². The van der Waals surface area contributed by atoms with Gasteiger partial charge in [0.2, 0.25) is 0 Å². The molecule has 21 heavy (non-hydrogen) atoms. The van der Waals surface area contributed by atoms with Crippen molar-refractivity contribution in [2.75, 3.05) is 0 Å². The second-order valence-electron chi connectivity index (χ2n) is 4.86. The summed E-state index contributed by atoms with van der Waals surface area (Å²) in [5, 5.41) is 17.5. The van der Waals surface area contributed by atoms with Crippen molar-refractivity contribution < 1.29 is 0 Å². The van der Waals surface area contributed by atoms with E-state index in [1.807, 2.05) is 12.1 Å². The number of aromatic nitrogens is 4. The first kappa shape index (κ1) is 13.5. The summed E-state index contributed by atoms with van der Waals surface area (Å²) in [6.07, 6.45) is 0.919. The van der Waals surface area contributed by atoms with Gasteiger partial charge in [-0.1, -0.05) is 65.9 Å². The van der Waals surface area contributed by atoms with E-state index in [1.54, 1.807) is 0 Å². The van der Waals surface area contributed by atoms with E-state index >= 15 is 0 Å². The molecule has 1 unspecified atom stereocenters. The zero-order chi connectivity index (χ0) is 14.3. The van der Waals surface area contributed by atoms with Crippen LogP contribution in [0.15, 0.2) is 60.7 Å². The Kier molecular flexibility index (Phi) is 4.33. The second kappa shape index (κ2) is 6.76. The molecule has 0 radical (unpaired) electrons. The SMILES string of the molecule is c1ccc(CC(NCc2nn[nH]n2)c2ccccc2)cc1. The van der Waals surface area contributed by atoms with Crippen molar-refractivity contribution in [3.63, 3.8) is 0 Å². The van der Waals surface area contributed by atoms with Crippen LogP contribution in [-0.4, -0.2) is 20.6 Å². The maximum absolute atomic E-state index is 3.98. The van der Waals surface area contributed by atoms with Gasteiger partial charge in [-0.2, -0.15) is 5.21 Å². The molecular weight excluding hydrogens is 262 g/mol. The number of rotatable bonds is 6. The fourth-order valence-electron chi connectivity index (χ4n) is 2.31. The van der Waals surface area contributed by atoms with Gasteiger partial charge in [0.15, 0.2) is 5.82 Å². The van der Waals surface area contributed by atoms with E-state index in [0.717, 1.165) is 6.42 Å². The van der Waals surface area contributed by atoms with E-state index in [4.69, 9.17) is 0 Å². The third kappa shape index (κ3) is 3.73. The van der Waals surface area contributed by atoms with Gasteiger partial charge < -0.3 is 5.32 Å². The predicted octanol–water partition coefficient (Wildman–Crippen LogP) is 2.27. The minimum absolute atomic E-state index is 0.215. The van der Waals surface area contributed by atoms with Crippen molar-refractivity contribution in [2.24, 2.45) is 0 Å². The second-order valence-corrected chi connectivity index (χ2v) is 4.86. The number of tetrazole rings is 1. The average molecular weight is 279 g/mol. The Morgan fingerprint density at radius 1 is 0.952 bits per heavy atom. The van der Waals surface area contributed by atoms with Crippen molar-refractivity contribution >= 4 is 0 Å². The number of hydrogen-bond donors (Lipinski definition) is 2. The quantitative estimate of drug-likeness (QED) is 0.726. The number of benzene rings is 2. The normalized spacial score (nSPS) is 12.2. The van der Waals surface area contributed by atoms with Gasteiger partial charge in [-0.3, -0.25) is 0 Å². The average Bonchev–Trinajstić information content (AvgIpc) is 3.07. The zero-order valence-electron chi connectivity index (χ0n) is 11.6. The molecule has 1 aromatic heterocycles. The Hall–Kier alpha value is -2.53. The van der Waals surface area contributed by atoms with Crippen LogP contribution in [0.1, 0.15) is 23.0 Å². The zero-order valence-corrected chi connectivity index (χ0v) is 11.6. The molecule has 0 saturated heterocycles. The Morgan fingerprint density at radius 3 is 2.33 bits per heavy atom. The fourth-order valence-corrected chi connectivity index (χ4v) is 2.31. The Balaban J connectivity index is 1.74. The summed E-state index contributed by atoms with van der Waals surface area (Å²) in [7, 11) is 0. The molecule has 1 heterocycles. The molecule has 0 aliphatic heterocycles. The highest BCUT2D eigenvalue weighted by Gasteiger charge is 2.12. The molecule has 3 rings (SSSR count). The lowest BCUT2D eigenvalue weighted by molar-refractivity contribution is 0.519. The van der Waals surface area contributed by atoms with Crippen LogP contribution in [-0.2, 0) is 13.0 Å². The summed E-state index contributed by atoms with van der Waals surface area (Å²) < 4.78 is 0. The van der Waals surface area contributed by atoms with Crippen LogP contribution in [0.5, 0.6) is 0 Å². The summed E-state index contributed by atoms with van der Waals surface area (Å²) in [6.45, 7) is 0.586. The molecule has 5 nitrogen and oxygen atoms in total. The number of hydrogen-bond acceptors (Lipinski definition) is 4. The first-order chi connectivity index (χ1) is 10.4. The van der Waals surface area contributed by atoms with Crippen molar-refractivity contribution in [3.05, 3.63) is 77.6 Å². The maximum Gasteiger partial charge on any atom is 0.188 e. The minimum atomic E-state index is 0.215. The van der Waals surface area contributed by atoms with Gasteiger partial charge in [0, 0.05) is 6.04 Å². The molecule has 0 bridgehead atoms. The van der Waals surface area contributed by atoms with Crippen LogP contribution < -0.4 is 5.32 Å². The van der Waals surface area contributed by atoms with E-state index in [0.29, 0.717) is 12.4 Å². The first-order valence-corrected chi connectivity index (χ1v) is 6.96. The van der Waals surface area contributed by atoms with Crippen molar-refractivity contribution in [2.45, 2.75) is 19.0 Å². The molecule has 3 aromatic rings. The lowest BCUT2D eigenvalue weighted by Crippen LogP contribution is -2.23. The smallest absolute Gasteiger partial charge is 0.188 e. The van der Waals surface area contributed by atoms with Gasteiger partial charge in [-0.15, -0.1) is 10.2 Å². The molecule has 0 amide bonds. The molecule has 2 aromatic carbocycles. The molecule has 0 spiro atoms. The Morgan fingerprint density at radius 2 is 1.67 bits per heavy atom. The van der Waals surface area contributed by atoms with Crippen LogP contribution in [0, 0.1) is 0 Å². The van der Waals surface area contributed by atoms with E-state index in [-0.39, 0.29) is 6.04 Å². The van der Waals surface area contributed by atoms with Gasteiger partial charge in [-0.05, 0) is 17.5 Å². The minimum Gasteiger partial charge on any atom is -0.302 e. The molecule has 1 atom stereocenters. The third-order valence-corrected chi connectivity index (χ3v) is 3.38. The van der Waals surface area contributed by atoms with Crippen LogP contribution in [0.4, 0.5) is 0 Å². The maximum atomic E-state index is 3.98. The monoisotopic (exact) mass is 279 g/mol. The highest BCUT2D eigenvalue weighted by atomic mass is 15.5. The Bertz CT molecular complexity index is 637. The van der Waals surface area contributed by atoms with Gasteiger partial charge >= 0.3 is 0 Å². The topological polar surface area (TPSA) is 66.5 Å². The van der Waals surface area contributed by atoms with Gasteiger partial charge in [0.1, 0.15) is 0 Å². The molecule has 0 fully saturated rings. The Labute approximate surface area is 123 Å². The highest BCUT2D eigenvalue weighted by Crippen LogP contribution is 2.18. The number of nitrogens with zero attached hydrogens (tertiary/aromatic N) is 3. The largest absolute Gasteiger partial charge is 0.302 e. The molecule has 2 N–H and O–H groups in total. The third-order valence-electron chi connectivity index (χ3n) is 3.38. The number of aromatic amines is 1. The van der Waals surface area contributed by atoms with E-state index < -0.39 is 0 Å². The molecular formula is C16H17N5. The number of nitrogens with one attached hydrogen (secondary N) is 2. The van der Waals surface area contributed by atoms with Crippen LogP contribution in [0.25, 0.3) is 0 Å². The van der Waals surface area contributed by atoms with Crippen molar-refractivity contribution in [1.29, 1.82) is 0 Å². The summed E-state index contributed by atoms with van der Waals surface area (Å²) in [5.74, 6) is 0.670.